The maximum atomic E-state index is 4.55. The lowest BCUT2D eigenvalue weighted by atomic mass is 10.1. The van der Waals surface area contributed by atoms with Gasteiger partial charge in [-0.3, -0.25) is 4.99 Å². The number of rotatable bonds is 6. The minimum atomic E-state index is 0.680. The fraction of sp³-hybridized carbons (Fsp3) is 0.316. The number of aryl methyl sites for hydroxylation is 2. The molecule has 3 aromatic rings. The average Bonchev–Trinajstić information content (AvgIpc) is 3.25. The lowest BCUT2D eigenvalue weighted by molar-refractivity contribution is 0.786. The molecule has 0 aliphatic carbocycles. The Morgan fingerprint density at radius 1 is 1.19 bits per heavy atom. The van der Waals surface area contributed by atoms with Crippen molar-refractivity contribution in [3.63, 3.8) is 0 Å². The first-order valence-corrected chi connectivity index (χ1v) is 9.36. The molecular weight excluding hydrogens is 344 g/mol. The summed E-state index contributed by atoms with van der Waals surface area (Å²) in [5, 5.41) is 7.76. The van der Waals surface area contributed by atoms with E-state index in [1.807, 2.05) is 19.4 Å². The zero-order valence-corrected chi connectivity index (χ0v) is 16.2. The van der Waals surface area contributed by atoms with Gasteiger partial charge in [-0.05, 0) is 25.0 Å². The molecule has 0 amide bonds. The molecule has 0 unspecified atom stereocenters. The standard InChI is InChI=1S/C19H24N6S/c1-14-15(2)26-18(24-14)11-23-19(20-3)22-10-16-5-4-6-17(9-16)12-25-8-7-21-13-25/h4-9,13H,10-12H2,1-3H3,(H2,20,22,23). The smallest absolute Gasteiger partial charge is 0.191 e. The van der Waals surface area contributed by atoms with E-state index in [0.717, 1.165) is 23.2 Å². The highest BCUT2D eigenvalue weighted by molar-refractivity contribution is 7.11. The van der Waals surface area contributed by atoms with E-state index in [0.29, 0.717) is 13.1 Å². The number of benzene rings is 1. The summed E-state index contributed by atoms with van der Waals surface area (Å²) in [5.74, 6) is 0.774. The van der Waals surface area contributed by atoms with Gasteiger partial charge in [-0.25, -0.2) is 9.97 Å². The van der Waals surface area contributed by atoms with Crippen LogP contribution in [-0.2, 0) is 19.6 Å². The van der Waals surface area contributed by atoms with E-state index in [-0.39, 0.29) is 0 Å². The highest BCUT2D eigenvalue weighted by Gasteiger charge is 2.05. The zero-order valence-electron chi connectivity index (χ0n) is 15.4. The van der Waals surface area contributed by atoms with Crippen molar-refractivity contribution in [3.8, 4) is 0 Å². The molecule has 1 aromatic carbocycles. The van der Waals surface area contributed by atoms with Crippen LogP contribution in [0.4, 0.5) is 0 Å². The molecule has 0 saturated heterocycles. The van der Waals surface area contributed by atoms with Gasteiger partial charge in [0, 0.05) is 37.4 Å². The quantitative estimate of drug-likeness (QED) is 0.519. The van der Waals surface area contributed by atoms with Crippen LogP contribution < -0.4 is 10.6 Å². The molecular formula is C19H24N6S. The van der Waals surface area contributed by atoms with Crippen LogP contribution in [0, 0.1) is 13.8 Å². The third kappa shape index (κ3) is 4.92. The predicted molar refractivity (Wildman–Crippen MR) is 106 cm³/mol. The Labute approximate surface area is 158 Å². The summed E-state index contributed by atoms with van der Waals surface area (Å²) >= 11 is 1.72. The Morgan fingerprint density at radius 2 is 2.00 bits per heavy atom. The molecule has 136 valence electrons. The summed E-state index contributed by atoms with van der Waals surface area (Å²) in [6, 6.07) is 8.53. The monoisotopic (exact) mass is 368 g/mol. The summed E-state index contributed by atoms with van der Waals surface area (Å²) in [6.45, 7) is 6.36. The van der Waals surface area contributed by atoms with Gasteiger partial charge in [0.25, 0.3) is 0 Å². The van der Waals surface area contributed by atoms with Crippen LogP contribution >= 0.6 is 11.3 Å². The Bertz CT molecular complexity index is 847. The van der Waals surface area contributed by atoms with Gasteiger partial charge in [0.15, 0.2) is 5.96 Å². The van der Waals surface area contributed by atoms with Crippen molar-refractivity contribution in [3.05, 3.63) is 69.7 Å². The van der Waals surface area contributed by atoms with Crippen LogP contribution in [0.5, 0.6) is 0 Å². The first-order valence-electron chi connectivity index (χ1n) is 8.55. The van der Waals surface area contributed by atoms with Gasteiger partial charge in [0.2, 0.25) is 0 Å². The van der Waals surface area contributed by atoms with Gasteiger partial charge < -0.3 is 15.2 Å². The van der Waals surface area contributed by atoms with E-state index >= 15 is 0 Å². The fourth-order valence-corrected chi connectivity index (χ4v) is 3.48. The van der Waals surface area contributed by atoms with Gasteiger partial charge in [-0.1, -0.05) is 24.3 Å². The Morgan fingerprint density at radius 3 is 2.69 bits per heavy atom. The number of guanidine groups is 1. The van der Waals surface area contributed by atoms with E-state index in [1.54, 1.807) is 24.6 Å². The van der Waals surface area contributed by atoms with Crippen LogP contribution in [-0.4, -0.2) is 27.5 Å². The number of nitrogens with zero attached hydrogens (tertiary/aromatic N) is 4. The molecule has 0 bridgehead atoms. The number of hydrogen-bond donors (Lipinski definition) is 2. The molecule has 2 heterocycles. The van der Waals surface area contributed by atoms with Crippen molar-refractivity contribution in [2.45, 2.75) is 33.5 Å². The van der Waals surface area contributed by atoms with E-state index in [2.05, 4.69) is 61.4 Å². The number of hydrogen-bond acceptors (Lipinski definition) is 4. The summed E-state index contributed by atoms with van der Waals surface area (Å²) in [7, 11) is 1.78. The zero-order chi connectivity index (χ0) is 18.4. The molecule has 2 aromatic heterocycles. The van der Waals surface area contributed by atoms with E-state index in [1.165, 1.54) is 16.0 Å². The second kappa shape index (κ2) is 8.62. The minimum absolute atomic E-state index is 0.680. The van der Waals surface area contributed by atoms with Crippen LogP contribution in [0.2, 0.25) is 0 Å². The molecule has 0 radical (unpaired) electrons. The van der Waals surface area contributed by atoms with Crippen molar-refractivity contribution in [1.29, 1.82) is 0 Å². The van der Waals surface area contributed by atoms with Crippen molar-refractivity contribution < 1.29 is 0 Å². The van der Waals surface area contributed by atoms with Gasteiger partial charge in [0.1, 0.15) is 5.01 Å². The van der Waals surface area contributed by atoms with Crippen LogP contribution in [0.1, 0.15) is 26.7 Å². The first kappa shape index (κ1) is 18.1. The lowest BCUT2D eigenvalue weighted by Gasteiger charge is -2.12. The molecule has 0 fully saturated rings. The number of imidazole rings is 1. The molecule has 0 atom stereocenters. The summed E-state index contributed by atoms with van der Waals surface area (Å²) in [6.07, 6.45) is 5.60. The highest BCUT2D eigenvalue weighted by Crippen LogP contribution is 2.15. The van der Waals surface area contributed by atoms with Crippen molar-refractivity contribution in [1.82, 2.24) is 25.2 Å². The number of thiazole rings is 1. The topological polar surface area (TPSA) is 67.1 Å². The second-order valence-corrected chi connectivity index (χ2v) is 7.37. The minimum Gasteiger partial charge on any atom is -0.352 e. The molecule has 26 heavy (non-hydrogen) atoms. The molecule has 2 N–H and O–H groups in total. The van der Waals surface area contributed by atoms with Crippen LogP contribution in [0.15, 0.2) is 48.0 Å². The van der Waals surface area contributed by atoms with E-state index in [9.17, 15) is 0 Å². The van der Waals surface area contributed by atoms with Gasteiger partial charge >= 0.3 is 0 Å². The maximum Gasteiger partial charge on any atom is 0.191 e. The molecule has 6 nitrogen and oxygen atoms in total. The molecule has 0 aliphatic heterocycles. The molecule has 7 heteroatoms. The lowest BCUT2D eigenvalue weighted by Crippen LogP contribution is -2.36. The van der Waals surface area contributed by atoms with Crippen molar-refractivity contribution in [2.24, 2.45) is 4.99 Å². The van der Waals surface area contributed by atoms with Gasteiger partial charge in [-0.2, -0.15) is 0 Å². The third-order valence-electron chi connectivity index (χ3n) is 4.08. The third-order valence-corrected chi connectivity index (χ3v) is 5.15. The average molecular weight is 369 g/mol. The van der Waals surface area contributed by atoms with Crippen LogP contribution in [0.3, 0.4) is 0 Å². The number of aliphatic imine (C=N–C) groups is 1. The van der Waals surface area contributed by atoms with Crippen LogP contribution in [0.25, 0.3) is 0 Å². The predicted octanol–water partition coefficient (Wildman–Crippen LogP) is 2.87. The Hall–Kier alpha value is -2.67. The Kier molecular flexibility index (Phi) is 6.01. The Balaban J connectivity index is 1.53. The van der Waals surface area contributed by atoms with Gasteiger partial charge in [0.05, 0.1) is 18.6 Å². The molecule has 0 aliphatic rings. The van der Waals surface area contributed by atoms with Gasteiger partial charge in [-0.15, -0.1) is 11.3 Å². The van der Waals surface area contributed by atoms with E-state index in [4.69, 9.17) is 0 Å². The second-order valence-electron chi connectivity index (χ2n) is 6.08. The normalized spacial score (nSPS) is 11.6. The first-order chi connectivity index (χ1) is 12.6. The SMILES string of the molecule is CN=C(NCc1cccc(Cn2ccnc2)c1)NCc1nc(C)c(C)s1. The summed E-state index contributed by atoms with van der Waals surface area (Å²) in [5.41, 5.74) is 3.56. The maximum absolute atomic E-state index is 4.55. The number of nitrogens with one attached hydrogen (secondary N) is 2. The highest BCUT2D eigenvalue weighted by atomic mass is 32.1. The van der Waals surface area contributed by atoms with Crippen molar-refractivity contribution >= 4 is 17.3 Å². The van der Waals surface area contributed by atoms with E-state index < -0.39 is 0 Å². The molecule has 3 rings (SSSR count). The summed E-state index contributed by atoms with van der Waals surface area (Å²) in [4.78, 5) is 14.2. The summed E-state index contributed by atoms with van der Waals surface area (Å²) < 4.78 is 2.06. The fourth-order valence-electron chi connectivity index (χ4n) is 2.61. The largest absolute Gasteiger partial charge is 0.352 e. The van der Waals surface area contributed by atoms with Crippen molar-refractivity contribution in [2.75, 3.05) is 7.05 Å². The molecule has 0 spiro atoms. The molecule has 0 saturated carbocycles. The number of aromatic nitrogens is 3.